The molecule has 0 amide bonds. The molecule has 0 spiro atoms. The summed E-state index contributed by atoms with van der Waals surface area (Å²) in [5.74, 6) is 0.891. The van der Waals surface area contributed by atoms with Crippen molar-refractivity contribution in [2.45, 2.75) is 19.3 Å². The number of hydrogen-bond donors (Lipinski definition) is 2. The van der Waals surface area contributed by atoms with Crippen molar-refractivity contribution < 1.29 is 0 Å². The Morgan fingerprint density at radius 1 is 0.789 bits per heavy atom. The predicted molar refractivity (Wildman–Crippen MR) is 82.0 cm³/mol. The lowest BCUT2D eigenvalue weighted by Crippen LogP contribution is -2.20. The summed E-state index contributed by atoms with van der Waals surface area (Å²) in [7, 11) is 0. The zero-order valence-corrected chi connectivity index (χ0v) is 11.1. The molecular weight excluding hydrogens is 232 g/mol. The molecule has 19 heavy (non-hydrogen) atoms. The number of anilines is 3. The third-order valence-corrected chi connectivity index (χ3v) is 3.77. The minimum Gasteiger partial charge on any atom is -0.385 e. The fraction of sp³-hybridized carbons (Fsp3) is 0.294. The second-order valence-electron chi connectivity index (χ2n) is 5.25. The van der Waals surface area contributed by atoms with Crippen molar-refractivity contribution in [2.24, 2.45) is 5.92 Å². The molecule has 98 valence electrons. The van der Waals surface area contributed by atoms with Gasteiger partial charge in [-0.05, 0) is 55.2 Å². The first kappa shape index (κ1) is 12.1. The van der Waals surface area contributed by atoms with E-state index in [9.17, 15) is 0 Å². The Morgan fingerprint density at radius 2 is 1.42 bits per heavy atom. The number of hydrogen-bond acceptors (Lipinski definition) is 2. The van der Waals surface area contributed by atoms with Gasteiger partial charge in [0.1, 0.15) is 0 Å². The Labute approximate surface area is 114 Å². The molecule has 2 N–H and O–H groups in total. The minimum absolute atomic E-state index is 0.891. The molecule has 0 aliphatic heterocycles. The lowest BCUT2D eigenvalue weighted by Gasteiger charge is -2.25. The molecule has 1 saturated carbocycles. The average molecular weight is 252 g/mol. The van der Waals surface area contributed by atoms with Crippen LogP contribution < -0.4 is 10.6 Å². The Bertz CT molecular complexity index is 501. The summed E-state index contributed by atoms with van der Waals surface area (Å²) < 4.78 is 0. The van der Waals surface area contributed by atoms with Crippen molar-refractivity contribution in [1.29, 1.82) is 0 Å². The number of nitrogens with one attached hydrogen (secondary N) is 2. The van der Waals surface area contributed by atoms with Crippen molar-refractivity contribution in [3.05, 3.63) is 54.6 Å². The normalized spacial score (nSPS) is 14.7. The van der Waals surface area contributed by atoms with Crippen molar-refractivity contribution in [3.63, 3.8) is 0 Å². The van der Waals surface area contributed by atoms with Crippen molar-refractivity contribution in [2.75, 3.05) is 17.2 Å². The van der Waals surface area contributed by atoms with E-state index in [0.717, 1.165) is 23.8 Å². The summed E-state index contributed by atoms with van der Waals surface area (Å²) in [6, 6.07) is 18.8. The Kier molecular flexibility index (Phi) is 3.68. The van der Waals surface area contributed by atoms with Crippen molar-refractivity contribution in [3.8, 4) is 0 Å². The smallest absolute Gasteiger partial charge is 0.0385 e. The van der Waals surface area contributed by atoms with Gasteiger partial charge in [0.15, 0.2) is 0 Å². The van der Waals surface area contributed by atoms with Gasteiger partial charge in [-0.15, -0.1) is 0 Å². The van der Waals surface area contributed by atoms with E-state index >= 15 is 0 Å². The lowest BCUT2D eigenvalue weighted by molar-refractivity contribution is 0.333. The van der Waals surface area contributed by atoms with Gasteiger partial charge in [-0.1, -0.05) is 24.6 Å². The summed E-state index contributed by atoms with van der Waals surface area (Å²) >= 11 is 0. The molecule has 0 aromatic heterocycles. The summed E-state index contributed by atoms with van der Waals surface area (Å²) in [6.45, 7) is 1.12. The molecule has 1 fully saturated rings. The minimum atomic E-state index is 0.891. The number of benzene rings is 2. The molecule has 0 radical (unpaired) electrons. The first-order valence-corrected chi connectivity index (χ1v) is 7.06. The van der Waals surface area contributed by atoms with Gasteiger partial charge < -0.3 is 10.6 Å². The maximum absolute atomic E-state index is 3.51. The zero-order valence-electron chi connectivity index (χ0n) is 11.1. The summed E-state index contributed by atoms with van der Waals surface area (Å²) in [4.78, 5) is 0. The van der Waals surface area contributed by atoms with E-state index in [1.807, 2.05) is 18.2 Å². The maximum Gasteiger partial charge on any atom is 0.0385 e. The second kappa shape index (κ2) is 5.79. The molecule has 0 saturated heterocycles. The van der Waals surface area contributed by atoms with Gasteiger partial charge in [-0.2, -0.15) is 0 Å². The van der Waals surface area contributed by atoms with Crippen LogP contribution in [0.25, 0.3) is 0 Å². The molecule has 0 heterocycles. The summed E-state index contributed by atoms with van der Waals surface area (Å²) in [5.41, 5.74) is 3.46. The van der Waals surface area contributed by atoms with Crippen molar-refractivity contribution in [1.82, 2.24) is 0 Å². The highest BCUT2D eigenvalue weighted by Crippen LogP contribution is 2.26. The summed E-state index contributed by atoms with van der Waals surface area (Å²) in [6.07, 6.45) is 4.19. The number of rotatable bonds is 5. The zero-order chi connectivity index (χ0) is 12.9. The van der Waals surface area contributed by atoms with Gasteiger partial charge in [0.25, 0.3) is 0 Å². The molecule has 0 atom stereocenters. The molecule has 1 aliphatic rings. The van der Waals surface area contributed by atoms with E-state index in [0.29, 0.717) is 0 Å². The van der Waals surface area contributed by atoms with Crippen LogP contribution in [-0.2, 0) is 0 Å². The third-order valence-electron chi connectivity index (χ3n) is 3.77. The second-order valence-corrected chi connectivity index (χ2v) is 5.25. The largest absolute Gasteiger partial charge is 0.385 e. The Hall–Kier alpha value is -1.96. The highest BCUT2D eigenvalue weighted by Gasteiger charge is 2.16. The van der Waals surface area contributed by atoms with E-state index in [1.165, 1.54) is 24.9 Å². The van der Waals surface area contributed by atoms with Crippen LogP contribution in [0.1, 0.15) is 19.3 Å². The van der Waals surface area contributed by atoms with Crippen LogP contribution >= 0.6 is 0 Å². The standard InChI is InChI=1S/C17H20N2/c1-2-7-16(8-3-1)19-17-11-9-15(10-12-17)18-13-14-5-4-6-14/h1-3,7-12,14,18-19H,4-6,13H2. The average Bonchev–Trinajstić information content (AvgIpc) is 2.40. The fourth-order valence-corrected chi connectivity index (χ4v) is 2.32. The van der Waals surface area contributed by atoms with Gasteiger partial charge >= 0.3 is 0 Å². The lowest BCUT2D eigenvalue weighted by atomic mass is 9.85. The molecule has 2 nitrogen and oxygen atoms in total. The Balaban J connectivity index is 1.56. The van der Waals surface area contributed by atoms with Crippen molar-refractivity contribution >= 4 is 17.1 Å². The van der Waals surface area contributed by atoms with Crippen LogP contribution in [0.4, 0.5) is 17.1 Å². The summed E-state index contributed by atoms with van der Waals surface area (Å²) in [5, 5.41) is 6.90. The quantitative estimate of drug-likeness (QED) is 0.810. The van der Waals surface area contributed by atoms with Gasteiger partial charge in [-0.3, -0.25) is 0 Å². The molecule has 2 aromatic carbocycles. The van der Waals surface area contributed by atoms with Gasteiger partial charge in [0.05, 0.1) is 0 Å². The SMILES string of the molecule is c1ccc(Nc2ccc(NCC3CCC3)cc2)cc1. The van der Waals surface area contributed by atoms with Gasteiger partial charge in [0.2, 0.25) is 0 Å². The highest BCUT2D eigenvalue weighted by molar-refractivity contribution is 5.62. The molecule has 0 unspecified atom stereocenters. The van der Waals surface area contributed by atoms with E-state index in [2.05, 4.69) is 47.0 Å². The Morgan fingerprint density at radius 3 is 2.05 bits per heavy atom. The van der Waals surface area contributed by atoms with E-state index < -0.39 is 0 Å². The van der Waals surface area contributed by atoms with E-state index in [1.54, 1.807) is 0 Å². The topological polar surface area (TPSA) is 24.1 Å². The fourth-order valence-electron chi connectivity index (χ4n) is 2.32. The molecule has 3 rings (SSSR count). The predicted octanol–water partition coefficient (Wildman–Crippen LogP) is 4.64. The first-order valence-electron chi connectivity index (χ1n) is 7.06. The monoisotopic (exact) mass is 252 g/mol. The molecule has 1 aliphatic carbocycles. The molecule has 2 heteroatoms. The van der Waals surface area contributed by atoms with Crippen LogP contribution in [0.3, 0.4) is 0 Å². The molecule has 0 bridgehead atoms. The van der Waals surface area contributed by atoms with E-state index in [-0.39, 0.29) is 0 Å². The van der Waals surface area contributed by atoms with Crippen LogP contribution in [-0.4, -0.2) is 6.54 Å². The van der Waals surface area contributed by atoms with Crippen LogP contribution in [0.15, 0.2) is 54.6 Å². The van der Waals surface area contributed by atoms with Crippen LogP contribution in [0.5, 0.6) is 0 Å². The van der Waals surface area contributed by atoms with Gasteiger partial charge in [0, 0.05) is 23.6 Å². The van der Waals surface area contributed by atoms with Crippen LogP contribution in [0.2, 0.25) is 0 Å². The third kappa shape index (κ3) is 3.28. The first-order chi connectivity index (χ1) is 9.40. The van der Waals surface area contributed by atoms with E-state index in [4.69, 9.17) is 0 Å². The van der Waals surface area contributed by atoms with Crippen LogP contribution in [0, 0.1) is 5.92 Å². The maximum atomic E-state index is 3.51. The highest BCUT2D eigenvalue weighted by atomic mass is 14.9. The number of para-hydroxylation sites is 1. The van der Waals surface area contributed by atoms with Gasteiger partial charge in [-0.25, -0.2) is 0 Å². The molecular formula is C17H20N2. The molecule has 2 aromatic rings.